The molecule has 1 N–H and O–H groups in total. The number of carbonyl (C=O) groups is 1. The lowest BCUT2D eigenvalue weighted by molar-refractivity contribution is 0.0954. The zero-order chi connectivity index (χ0) is 13.8. The fraction of sp³-hybridized carbons (Fsp3) is 0.250. The van der Waals surface area contributed by atoms with Crippen molar-refractivity contribution in [3.05, 3.63) is 46.0 Å². The van der Waals surface area contributed by atoms with Gasteiger partial charge in [0.25, 0.3) is 5.91 Å². The zero-order valence-electron chi connectivity index (χ0n) is 10.2. The second-order valence-electron chi connectivity index (χ2n) is 3.95. The molecule has 2 aromatic rings. The van der Waals surface area contributed by atoms with Crippen molar-refractivity contribution in [2.75, 3.05) is 6.54 Å². The number of aryl methyl sites for hydroxylation is 1. The van der Waals surface area contributed by atoms with Gasteiger partial charge in [-0.1, -0.05) is 23.2 Å². The number of pyridine rings is 1. The number of hydrogen-bond acceptors (Lipinski definition) is 3. The summed E-state index contributed by atoms with van der Waals surface area (Å²) in [6.45, 7) is 0.510. The van der Waals surface area contributed by atoms with Crippen LogP contribution in [0.2, 0.25) is 10.3 Å². The average molecular weight is 299 g/mol. The van der Waals surface area contributed by atoms with Crippen LogP contribution < -0.4 is 5.32 Å². The molecule has 100 valence electrons. The first-order valence-electron chi connectivity index (χ1n) is 5.64. The molecule has 5 nitrogen and oxygen atoms in total. The highest BCUT2D eigenvalue weighted by Crippen LogP contribution is 2.14. The number of nitrogens with one attached hydrogen (secondary N) is 1. The van der Waals surface area contributed by atoms with Crippen molar-refractivity contribution >= 4 is 29.1 Å². The summed E-state index contributed by atoms with van der Waals surface area (Å²) in [5.74, 6) is -0.228. The summed E-state index contributed by atoms with van der Waals surface area (Å²) >= 11 is 11.5. The molecule has 2 heterocycles. The molecule has 0 bridgehead atoms. The zero-order valence-corrected chi connectivity index (χ0v) is 11.7. The van der Waals surface area contributed by atoms with Crippen LogP contribution in [-0.4, -0.2) is 27.2 Å². The molecule has 2 rings (SSSR count). The van der Waals surface area contributed by atoms with E-state index in [2.05, 4.69) is 15.4 Å². The van der Waals surface area contributed by atoms with E-state index in [4.69, 9.17) is 23.2 Å². The van der Waals surface area contributed by atoms with Gasteiger partial charge in [0.1, 0.15) is 10.3 Å². The Morgan fingerprint density at radius 1 is 1.37 bits per heavy atom. The minimum Gasteiger partial charge on any atom is -0.352 e. The Morgan fingerprint density at radius 3 is 2.63 bits per heavy atom. The lowest BCUT2D eigenvalue weighted by atomic mass is 10.2. The Bertz CT molecular complexity index is 577. The van der Waals surface area contributed by atoms with E-state index in [9.17, 15) is 4.79 Å². The first kappa shape index (κ1) is 13.8. The standard InChI is InChI=1S/C12H12Cl2N4O/c1-18-9(3-5-16-18)2-4-15-12(19)8-6-10(13)17-11(14)7-8/h3,5-7H,2,4H2,1H3,(H,15,19). The summed E-state index contributed by atoms with van der Waals surface area (Å²) in [5.41, 5.74) is 1.45. The molecular weight excluding hydrogens is 287 g/mol. The van der Waals surface area contributed by atoms with Gasteiger partial charge < -0.3 is 5.32 Å². The van der Waals surface area contributed by atoms with E-state index in [0.29, 0.717) is 18.5 Å². The second kappa shape index (κ2) is 6.04. The highest BCUT2D eigenvalue weighted by atomic mass is 35.5. The summed E-state index contributed by atoms with van der Waals surface area (Å²) in [6, 6.07) is 4.87. The number of rotatable bonds is 4. The summed E-state index contributed by atoms with van der Waals surface area (Å²) in [4.78, 5) is 15.7. The molecule has 0 spiro atoms. The molecule has 0 fully saturated rings. The Hall–Kier alpha value is -1.59. The fourth-order valence-corrected chi connectivity index (χ4v) is 2.11. The molecular formula is C12H12Cl2N4O. The molecule has 1 amide bonds. The third-order valence-electron chi connectivity index (χ3n) is 2.61. The van der Waals surface area contributed by atoms with Gasteiger partial charge in [-0.3, -0.25) is 9.48 Å². The highest BCUT2D eigenvalue weighted by Gasteiger charge is 2.08. The van der Waals surface area contributed by atoms with Crippen molar-refractivity contribution in [3.8, 4) is 0 Å². The largest absolute Gasteiger partial charge is 0.352 e. The molecule has 0 saturated heterocycles. The first-order valence-corrected chi connectivity index (χ1v) is 6.40. The molecule has 2 aromatic heterocycles. The van der Waals surface area contributed by atoms with Crippen molar-refractivity contribution in [3.63, 3.8) is 0 Å². The summed E-state index contributed by atoms with van der Waals surface area (Å²) < 4.78 is 1.77. The van der Waals surface area contributed by atoms with Crippen LogP contribution in [-0.2, 0) is 13.5 Å². The third kappa shape index (κ3) is 3.68. The Kier molecular flexibility index (Phi) is 4.39. The molecule has 19 heavy (non-hydrogen) atoms. The van der Waals surface area contributed by atoms with Crippen LogP contribution >= 0.6 is 23.2 Å². The van der Waals surface area contributed by atoms with Crippen LogP contribution in [0.3, 0.4) is 0 Å². The van der Waals surface area contributed by atoms with Gasteiger partial charge in [0.2, 0.25) is 0 Å². The predicted molar refractivity (Wildman–Crippen MR) is 73.5 cm³/mol. The summed E-state index contributed by atoms with van der Waals surface area (Å²) in [5, 5.41) is 7.25. The topological polar surface area (TPSA) is 59.8 Å². The van der Waals surface area contributed by atoms with Gasteiger partial charge in [-0.15, -0.1) is 0 Å². The highest BCUT2D eigenvalue weighted by molar-refractivity contribution is 6.33. The smallest absolute Gasteiger partial charge is 0.251 e. The SMILES string of the molecule is Cn1nccc1CCNC(=O)c1cc(Cl)nc(Cl)c1. The molecule has 0 radical (unpaired) electrons. The lowest BCUT2D eigenvalue weighted by Gasteiger charge is -2.06. The van der Waals surface area contributed by atoms with Crippen LogP contribution in [0.25, 0.3) is 0 Å². The van der Waals surface area contributed by atoms with E-state index in [1.807, 2.05) is 13.1 Å². The van der Waals surface area contributed by atoms with E-state index < -0.39 is 0 Å². The van der Waals surface area contributed by atoms with Crippen molar-refractivity contribution < 1.29 is 4.79 Å². The monoisotopic (exact) mass is 298 g/mol. The normalized spacial score (nSPS) is 10.5. The quantitative estimate of drug-likeness (QED) is 0.879. The average Bonchev–Trinajstić information content (AvgIpc) is 2.74. The summed E-state index contributed by atoms with van der Waals surface area (Å²) in [6.07, 6.45) is 2.42. The molecule has 7 heteroatoms. The third-order valence-corrected chi connectivity index (χ3v) is 3.00. The number of nitrogens with zero attached hydrogens (tertiary/aromatic N) is 3. The van der Waals surface area contributed by atoms with Crippen molar-refractivity contribution in [2.24, 2.45) is 7.05 Å². The molecule has 0 unspecified atom stereocenters. The van der Waals surface area contributed by atoms with Gasteiger partial charge in [-0.25, -0.2) is 4.98 Å². The molecule has 0 saturated carbocycles. The van der Waals surface area contributed by atoms with E-state index in [1.54, 1.807) is 10.9 Å². The molecule has 0 aliphatic rings. The van der Waals surface area contributed by atoms with Gasteiger partial charge in [-0.05, 0) is 18.2 Å². The van der Waals surface area contributed by atoms with Crippen molar-refractivity contribution in [1.82, 2.24) is 20.1 Å². The van der Waals surface area contributed by atoms with Crippen LogP contribution in [0.15, 0.2) is 24.4 Å². The van der Waals surface area contributed by atoms with Gasteiger partial charge in [-0.2, -0.15) is 5.10 Å². The van der Waals surface area contributed by atoms with Crippen molar-refractivity contribution in [1.29, 1.82) is 0 Å². The maximum absolute atomic E-state index is 11.9. The van der Waals surface area contributed by atoms with Crippen LogP contribution in [0.4, 0.5) is 0 Å². The van der Waals surface area contributed by atoms with Crippen LogP contribution in [0, 0.1) is 0 Å². The van der Waals surface area contributed by atoms with Crippen LogP contribution in [0.5, 0.6) is 0 Å². The fourth-order valence-electron chi connectivity index (χ4n) is 1.65. The van der Waals surface area contributed by atoms with E-state index in [0.717, 1.165) is 5.69 Å². The van der Waals surface area contributed by atoms with Crippen molar-refractivity contribution in [2.45, 2.75) is 6.42 Å². The Balaban J connectivity index is 1.92. The van der Waals surface area contributed by atoms with E-state index in [-0.39, 0.29) is 16.2 Å². The number of hydrogen-bond donors (Lipinski definition) is 1. The first-order chi connectivity index (χ1) is 9.06. The minimum absolute atomic E-state index is 0.198. The molecule has 0 atom stereocenters. The van der Waals surface area contributed by atoms with Crippen LogP contribution in [0.1, 0.15) is 16.1 Å². The second-order valence-corrected chi connectivity index (χ2v) is 4.73. The van der Waals surface area contributed by atoms with E-state index in [1.165, 1.54) is 12.1 Å². The van der Waals surface area contributed by atoms with Gasteiger partial charge >= 0.3 is 0 Å². The molecule has 0 aromatic carbocycles. The Morgan fingerprint density at radius 2 is 2.05 bits per heavy atom. The van der Waals surface area contributed by atoms with E-state index >= 15 is 0 Å². The Labute approximate surface area is 120 Å². The van der Waals surface area contributed by atoms with Gasteiger partial charge in [0, 0.05) is 37.5 Å². The number of carbonyl (C=O) groups excluding carboxylic acids is 1. The lowest BCUT2D eigenvalue weighted by Crippen LogP contribution is -2.26. The number of halogens is 2. The molecule has 0 aliphatic heterocycles. The predicted octanol–water partition coefficient (Wildman–Crippen LogP) is 2.09. The molecule has 0 aliphatic carbocycles. The van der Waals surface area contributed by atoms with Gasteiger partial charge in [0.15, 0.2) is 0 Å². The maximum Gasteiger partial charge on any atom is 0.251 e. The van der Waals surface area contributed by atoms with Gasteiger partial charge in [0.05, 0.1) is 0 Å². The number of amides is 1. The summed E-state index contributed by atoms with van der Waals surface area (Å²) in [7, 11) is 1.86. The maximum atomic E-state index is 11.9. The number of aromatic nitrogens is 3. The minimum atomic E-state index is -0.228.